The summed E-state index contributed by atoms with van der Waals surface area (Å²) in [6.07, 6.45) is 6.58. The van der Waals surface area contributed by atoms with E-state index in [4.69, 9.17) is 4.74 Å². The number of rotatable bonds is 3. The van der Waals surface area contributed by atoms with Crippen molar-refractivity contribution in [3.05, 3.63) is 24.0 Å². The van der Waals surface area contributed by atoms with Crippen molar-refractivity contribution in [3.63, 3.8) is 0 Å². The Morgan fingerprint density at radius 2 is 2.08 bits per heavy atom. The van der Waals surface area contributed by atoms with Gasteiger partial charge in [0.1, 0.15) is 0 Å². The summed E-state index contributed by atoms with van der Waals surface area (Å²) >= 11 is 0. The Hall–Kier alpha value is -1.78. The molecular formula is C20H31N3O2. The Balaban J connectivity index is 1.76. The smallest absolute Gasteiger partial charge is 0.407 e. The number of carbonyl (C=O) groups is 1. The molecule has 1 aromatic heterocycles. The van der Waals surface area contributed by atoms with Crippen molar-refractivity contribution < 1.29 is 9.53 Å². The lowest BCUT2D eigenvalue weighted by atomic mass is 9.79. The van der Waals surface area contributed by atoms with Gasteiger partial charge in [-0.3, -0.25) is 4.98 Å². The molecule has 5 nitrogen and oxygen atoms in total. The van der Waals surface area contributed by atoms with Gasteiger partial charge in [-0.15, -0.1) is 0 Å². The van der Waals surface area contributed by atoms with Crippen LogP contribution in [-0.4, -0.2) is 23.7 Å². The van der Waals surface area contributed by atoms with Crippen molar-refractivity contribution in [3.8, 4) is 0 Å². The first-order valence-corrected chi connectivity index (χ1v) is 9.50. The summed E-state index contributed by atoms with van der Waals surface area (Å²) in [4.78, 5) is 16.9. The Labute approximate surface area is 150 Å². The SMILES string of the molecule is C[C@@H]1C(NC(=O)OCC(C)(C)C)c2ncccc2NC1C1CCCC1. The molecule has 1 aromatic rings. The number of ether oxygens (including phenoxy) is 1. The molecule has 0 bridgehead atoms. The van der Waals surface area contributed by atoms with E-state index in [9.17, 15) is 4.79 Å². The Bertz CT molecular complexity index is 605. The topological polar surface area (TPSA) is 63.2 Å². The van der Waals surface area contributed by atoms with Gasteiger partial charge in [-0.05, 0) is 36.3 Å². The van der Waals surface area contributed by atoms with E-state index in [1.807, 2.05) is 6.07 Å². The molecule has 1 amide bonds. The molecule has 0 saturated heterocycles. The molecule has 5 heteroatoms. The lowest BCUT2D eigenvalue weighted by Gasteiger charge is -2.41. The summed E-state index contributed by atoms with van der Waals surface area (Å²) in [5.74, 6) is 0.936. The fourth-order valence-corrected chi connectivity index (χ4v) is 4.07. The molecule has 0 radical (unpaired) electrons. The lowest BCUT2D eigenvalue weighted by Crippen LogP contribution is -2.47. The van der Waals surface area contributed by atoms with Crippen LogP contribution in [0, 0.1) is 17.3 Å². The zero-order valence-corrected chi connectivity index (χ0v) is 15.8. The van der Waals surface area contributed by atoms with Crippen LogP contribution in [0.4, 0.5) is 10.5 Å². The van der Waals surface area contributed by atoms with Gasteiger partial charge in [-0.2, -0.15) is 0 Å². The maximum atomic E-state index is 12.4. The molecule has 2 N–H and O–H groups in total. The average molecular weight is 345 g/mol. The van der Waals surface area contributed by atoms with E-state index in [2.05, 4.69) is 49.4 Å². The number of fused-ring (bicyclic) bond motifs is 1. The van der Waals surface area contributed by atoms with Crippen molar-refractivity contribution in [1.29, 1.82) is 0 Å². The van der Waals surface area contributed by atoms with Gasteiger partial charge >= 0.3 is 6.09 Å². The van der Waals surface area contributed by atoms with Crippen LogP contribution >= 0.6 is 0 Å². The quantitative estimate of drug-likeness (QED) is 0.846. The number of anilines is 1. The molecule has 0 aromatic carbocycles. The first-order chi connectivity index (χ1) is 11.8. The summed E-state index contributed by atoms with van der Waals surface area (Å²) in [7, 11) is 0. The third-order valence-electron chi connectivity index (χ3n) is 5.36. The number of pyridine rings is 1. The number of hydrogen-bond acceptors (Lipinski definition) is 4. The van der Waals surface area contributed by atoms with Crippen LogP contribution in [0.3, 0.4) is 0 Å². The van der Waals surface area contributed by atoms with Gasteiger partial charge < -0.3 is 15.4 Å². The van der Waals surface area contributed by atoms with Crippen molar-refractivity contribution in [2.75, 3.05) is 11.9 Å². The van der Waals surface area contributed by atoms with Crippen LogP contribution in [0.15, 0.2) is 18.3 Å². The molecule has 2 unspecified atom stereocenters. The third kappa shape index (κ3) is 4.25. The third-order valence-corrected chi connectivity index (χ3v) is 5.36. The molecule has 3 rings (SSSR count). The summed E-state index contributed by atoms with van der Waals surface area (Å²) in [6, 6.07) is 4.26. The molecule has 1 aliphatic carbocycles. The number of nitrogens with one attached hydrogen (secondary N) is 2. The van der Waals surface area contributed by atoms with E-state index in [0.29, 0.717) is 18.6 Å². The predicted molar refractivity (Wildman–Crippen MR) is 99.4 cm³/mol. The number of nitrogens with zero attached hydrogens (tertiary/aromatic N) is 1. The first kappa shape index (κ1) is 18.0. The second-order valence-corrected chi connectivity index (χ2v) is 8.77. The number of aromatic nitrogens is 1. The second-order valence-electron chi connectivity index (χ2n) is 8.77. The predicted octanol–water partition coefficient (Wildman–Crippen LogP) is 4.52. The minimum atomic E-state index is -0.351. The molecule has 3 atom stereocenters. The molecule has 2 aliphatic rings. The van der Waals surface area contributed by atoms with Gasteiger partial charge in [0.2, 0.25) is 0 Å². The molecule has 1 fully saturated rings. The van der Waals surface area contributed by atoms with Gasteiger partial charge in [0, 0.05) is 18.2 Å². The highest BCUT2D eigenvalue weighted by Crippen LogP contribution is 2.41. The fourth-order valence-electron chi connectivity index (χ4n) is 4.07. The highest BCUT2D eigenvalue weighted by molar-refractivity contribution is 5.69. The van der Waals surface area contributed by atoms with E-state index >= 15 is 0 Å². The van der Waals surface area contributed by atoms with Crippen molar-refractivity contribution >= 4 is 11.8 Å². The van der Waals surface area contributed by atoms with Gasteiger partial charge in [0.15, 0.2) is 0 Å². The minimum Gasteiger partial charge on any atom is -0.449 e. The summed E-state index contributed by atoms with van der Waals surface area (Å²) in [5, 5.41) is 6.78. The number of carbonyl (C=O) groups excluding carboxylic acids is 1. The second kappa shape index (κ2) is 7.22. The lowest BCUT2D eigenvalue weighted by molar-refractivity contribution is 0.0986. The summed E-state index contributed by atoms with van der Waals surface area (Å²) in [6.45, 7) is 8.78. The molecule has 1 saturated carbocycles. The first-order valence-electron chi connectivity index (χ1n) is 9.50. The van der Waals surface area contributed by atoms with Crippen molar-refractivity contribution in [2.24, 2.45) is 17.3 Å². The number of hydrogen-bond donors (Lipinski definition) is 2. The van der Waals surface area contributed by atoms with E-state index in [1.54, 1.807) is 6.20 Å². The minimum absolute atomic E-state index is 0.0420. The van der Waals surface area contributed by atoms with E-state index in [-0.39, 0.29) is 23.5 Å². The van der Waals surface area contributed by atoms with Gasteiger partial charge in [0.05, 0.1) is 24.0 Å². The Morgan fingerprint density at radius 1 is 1.36 bits per heavy atom. The van der Waals surface area contributed by atoms with Crippen LogP contribution in [0.1, 0.15) is 65.1 Å². The zero-order chi connectivity index (χ0) is 18.0. The molecule has 138 valence electrons. The van der Waals surface area contributed by atoms with E-state index < -0.39 is 0 Å². The number of amides is 1. The highest BCUT2D eigenvalue weighted by Gasteiger charge is 2.40. The molecule has 0 spiro atoms. The van der Waals surface area contributed by atoms with Crippen LogP contribution in [0.2, 0.25) is 0 Å². The Kier molecular flexibility index (Phi) is 5.21. The Morgan fingerprint density at radius 3 is 2.76 bits per heavy atom. The van der Waals surface area contributed by atoms with Gasteiger partial charge in [-0.1, -0.05) is 40.5 Å². The van der Waals surface area contributed by atoms with Crippen LogP contribution in [-0.2, 0) is 4.74 Å². The summed E-state index contributed by atoms with van der Waals surface area (Å²) in [5.41, 5.74) is 1.91. The molecule has 25 heavy (non-hydrogen) atoms. The van der Waals surface area contributed by atoms with Crippen molar-refractivity contribution in [1.82, 2.24) is 10.3 Å². The maximum absolute atomic E-state index is 12.4. The monoisotopic (exact) mass is 345 g/mol. The number of alkyl carbamates (subject to hydrolysis) is 1. The van der Waals surface area contributed by atoms with E-state index in [0.717, 1.165) is 11.4 Å². The average Bonchev–Trinajstić information content (AvgIpc) is 3.09. The van der Waals surface area contributed by atoms with Gasteiger partial charge in [0.25, 0.3) is 0 Å². The van der Waals surface area contributed by atoms with Crippen molar-refractivity contribution in [2.45, 2.75) is 65.5 Å². The zero-order valence-electron chi connectivity index (χ0n) is 15.8. The standard InChI is InChI=1S/C20H31N3O2/c1-13-16(14-8-5-6-9-14)22-15-10-7-11-21-18(15)17(13)23-19(24)25-12-20(2,3)4/h7,10-11,13-14,16-17,22H,5-6,8-9,12H2,1-4H3,(H,23,24)/t13-,16?,17?/m0/s1. The maximum Gasteiger partial charge on any atom is 0.407 e. The highest BCUT2D eigenvalue weighted by atomic mass is 16.5. The van der Waals surface area contributed by atoms with Gasteiger partial charge in [-0.25, -0.2) is 4.79 Å². The van der Waals surface area contributed by atoms with Crippen LogP contribution in [0.25, 0.3) is 0 Å². The fraction of sp³-hybridized carbons (Fsp3) is 0.700. The normalized spacial score (nSPS) is 26.6. The van der Waals surface area contributed by atoms with E-state index in [1.165, 1.54) is 25.7 Å². The molecule has 1 aliphatic heterocycles. The summed E-state index contributed by atoms with van der Waals surface area (Å²) < 4.78 is 5.44. The molecular weight excluding hydrogens is 314 g/mol. The van der Waals surface area contributed by atoms with Crippen LogP contribution in [0.5, 0.6) is 0 Å². The van der Waals surface area contributed by atoms with Crippen LogP contribution < -0.4 is 10.6 Å². The largest absolute Gasteiger partial charge is 0.449 e. The molecule has 2 heterocycles.